The van der Waals surface area contributed by atoms with Crippen molar-refractivity contribution in [3.63, 3.8) is 0 Å². The Hall–Kier alpha value is -2.52. The summed E-state index contributed by atoms with van der Waals surface area (Å²) < 4.78 is 44.4. The predicted molar refractivity (Wildman–Crippen MR) is 95.5 cm³/mol. The molecule has 1 aromatic carbocycles. The van der Waals surface area contributed by atoms with Crippen molar-refractivity contribution >= 4 is 35.0 Å². The molecule has 1 amide bonds. The van der Waals surface area contributed by atoms with Crippen molar-refractivity contribution in [1.82, 2.24) is 9.97 Å². The lowest BCUT2D eigenvalue weighted by atomic mass is 10.2. The molecule has 0 radical (unpaired) electrons. The molecule has 3 aromatic rings. The van der Waals surface area contributed by atoms with Crippen LogP contribution < -0.4 is 5.32 Å². The van der Waals surface area contributed by atoms with Gasteiger partial charge in [-0.2, -0.15) is 13.2 Å². The number of nitrogens with one attached hydrogen (secondary N) is 1. The van der Waals surface area contributed by atoms with Crippen LogP contribution >= 0.6 is 23.4 Å². The molecule has 0 aliphatic carbocycles. The number of amides is 1. The summed E-state index contributed by atoms with van der Waals surface area (Å²) in [4.78, 5) is 19.5. The van der Waals surface area contributed by atoms with E-state index in [2.05, 4.69) is 15.3 Å². The molecule has 0 aliphatic rings. The number of furan rings is 1. The van der Waals surface area contributed by atoms with Gasteiger partial charge in [0, 0.05) is 10.7 Å². The fourth-order valence-corrected chi connectivity index (χ4v) is 2.83. The zero-order chi connectivity index (χ0) is 19.4. The Kier molecular flexibility index (Phi) is 5.71. The van der Waals surface area contributed by atoms with E-state index in [0.29, 0.717) is 10.7 Å². The molecule has 0 atom stereocenters. The third-order valence-electron chi connectivity index (χ3n) is 3.23. The van der Waals surface area contributed by atoms with E-state index in [1.165, 1.54) is 18.4 Å². The van der Waals surface area contributed by atoms with Crippen molar-refractivity contribution in [3.8, 4) is 11.5 Å². The van der Waals surface area contributed by atoms with E-state index in [0.717, 1.165) is 17.8 Å². The summed E-state index contributed by atoms with van der Waals surface area (Å²) in [6.45, 7) is 0. The van der Waals surface area contributed by atoms with Gasteiger partial charge in [-0.1, -0.05) is 23.4 Å². The van der Waals surface area contributed by atoms with Gasteiger partial charge >= 0.3 is 6.18 Å². The molecule has 0 bridgehead atoms. The van der Waals surface area contributed by atoms with Crippen LogP contribution in [0.3, 0.4) is 0 Å². The average Bonchev–Trinajstić information content (AvgIpc) is 3.16. The van der Waals surface area contributed by atoms with Gasteiger partial charge in [-0.15, -0.1) is 0 Å². The number of alkyl halides is 3. The largest absolute Gasteiger partial charge is 0.463 e. The Labute approximate surface area is 161 Å². The lowest BCUT2D eigenvalue weighted by Crippen LogP contribution is -2.15. The molecular weight excluding hydrogens is 403 g/mol. The maximum Gasteiger partial charge on any atom is 0.433 e. The first-order valence-electron chi connectivity index (χ1n) is 7.49. The predicted octanol–water partition coefficient (Wildman–Crippen LogP) is 5.14. The molecule has 0 fully saturated rings. The van der Waals surface area contributed by atoms with Crippen LogP contribution in [0.25, 0.3) is 11.5 Å². The first kappa shape index (κ1) is 19.2. The number of aromatic nitrogens is 2. The van der Waals surface area contributed by atoms with E-state index in [1.54, 1.807) is 24.3 Å². The molecule has 1 N–H and O–H groups in total. The standard InChI is InChI=1S/C17H11ClF3N3O2S/c18-10-3-5-11(6-4-10)22-15(25)9-27-16-23-12(13-2-1-7-26-13)8-14(24-16)17(19,20)21/h1-8H,9H2,(H,22,25). The number of rotatable bonds is 5. The molecule has 0 spiro atoms. The van der Waals surface area contributed by atoms with Gasteiger partial charge in [0.15, 0.2) is 10.9 Å². The molecule has 140 valence electrons. The van der Waals surface area contributed by atoms with E-state index in [-0.39, 0.29) is 22.4 Å². The number of anilines is 1. The van der Waals surface area contributed by atoms with Gasteiger partial charge < -0.3 is 9.73 Å². The SMILES string of the molecule is O=C(CSc1nc(-c2ccco2)cc(C(F)(F)F)n1)Nc1ccc(Cl)cc1. The van der Waals surface area contributed by atoms with E-state index in [1.807, 2.05) is 0 Å². The zero-order valence-corrected chi connectivity index (χ0v) is 15.0. The van der Waals surface area contributed by atoms with Crippen LogP contribution in [0, 0.1) is 0 Å². The monoisotopic (exact) mass is 413 g/mol. The van der Waals surface area contributed by atoms with Crippen LogP contribution in [0.2, 0.25) is 5.02 Å². The Morgan fingerprint density at radius 1 is 1.19 bits per heavy atom. The first-order chi connectivity index (χ1) is 12.8. The Morgan fingerprint density at radius 2 is 1.93 bits per heavy atom. The summed E-state index contributed by atoms with van der Waals surface area (Å²) in [5, 5.41) is 2.95. The summed E-state index contributed by atoms with van der Waals surface area (Å²) in [5.74, 6) is -0.403. The molecule has 0 unspecified atom stereocenters. The van der Waals surface area contributed by atoms with Crippen molar-refractivity contribution in [2.24, 2.45) is 0 Å². The molecule has 2 heterocycles. The van der Waals surface area contributed by atoms with Crippen LogP contribution in [0.1, 0.15) is 5.69 Å². The van der Waals surface area contributed by atoms with E-state index in [9.17, 15) is 18.0 Å². The van der Waals surface area contributed by atoms with Gasteiger partial charge in [0.1, 0.15) is 11.4 Å². The fraction of sp³-hybridized carbons (Fsp3) is 0.118. The molecule has 27 heavy (non-hydrogen) atoms. The smallest absolute Gasteiger partial charge is 0.433 e. The normalized spacial score (nSPS) is 11.4. The lowest BCUT2D eigenvalue weighted by Gasteiger charge is -2.09. The molecular formula is C17H11ClF3N3O2S. The van der Waals surface area contributed by atoms with E-state index in [4.69, 9.17) is 16.0 Å². The van der Waals surface area contributed by atoms with Crippen molar-refractivity contribution in [1.29, 1.82) is 0 Å². The third kappa shape index (κ3) is 5.24. The summed E-state index contributed by atoms with van der Waals surface area (Å²) in [5.41, 5.74) is -0.598. The number of hydrogen-bond donors (Lipinski definition) is 1. The minimum atomic E-state index is -4.65. The Morgan fingerprint density at radius 3 is 2.56 bits per heavy atom. The zero-order valence-electron chi connectivity index (χ0n) is 13.5. The lowest BCUT2D eigenvalue weighted by molar-refractivity contribution is -0.141. The number of carbonyl (C=O) groups is 1. The summed E-state index contributed by atoms with van der Waals surface area (Å²) >= 11 is 6.56. The minimum Gasteiger partial charge on any atom is -0.463 e. The number of halogens is 4. The molecule has 2 aromatic heterocycles. The average molecular weight is 414 g/mol. The second-order valence-electron chi connectivity index (χ2n) is 5.24. The van der Waals surface area contributed by atoms with Gasteiger partial charge in [0.25, 0.3) is 0 Å². The summed E-state index contributed by atoms with van der Waals surface area (Å²) in [7, 11) is 0. The second kappa shape index (κ2) is 8.01. The first-order valence-corrected chi connectivity index (χ1v) is 8.86. The Bertz CT molecular complexity index is 932. The van der Waals surface area contributed by atoms with Crippen molar-refractivity contribution in [2.45, 2.75) is 11.3 Å². The maximum absolute atomic E-state index is 13.1. The molecule has 5 nitrogen and oxygen atoms in total. The highest BCUT2D eigenvalue weighted by Gasteiger charge is 2.34. The van der Waals surface area contributed by atoms with Gasteiger partial charge in [-0.05, 0) is 42.5 Å². The highest BCUT2D eigenvalue weighted by atomic mass is 35.5. The van der Waals surface area contributed by atoms with Crippen LogP contribution in [0.5, 0.6) is 0 Å². The van der Waals surface area contributed by atoms with Gasteiger partial charge in [-0.3, -0.25) is 4.79 Å². The van der Waals surface area contributed by atoms with Crippen molar-refractivity contribution in [2.75, 3.05) is 11.1 Å². The molecule has 0 aliphatic heterocycles. The molecule has 0 saturated heterocycles. The topological polar surface area (TPSA) is 68.0 Å². The van der Waals surface area contributed by atoms with Gasteiger partial charge in [0.2, 0.25) is 5.91 Å². The third-order valence-corrected chi connectivity index (χ3v) is 4.33. The van der Waals surface area contributed by atoms with E-state index < -0.39 is 17.8 Å². The van der Waals surface area contributed by atoms with Crippen molar-refractivity contribution in [3.05, 3.63) is 59.4 Å². The molecule has 10 heteroatoms. The highest BCUT2D eigenvalue weighted by Crippen LogP contribution is 2.32. The van der Waals surface area contributed by atoms with Crippen LogP contribution in [0.4, 0.5) is 18.9 Å². The fourth-order valence-electron chi connectivity index (χ4n) is 2.05. The van der Waals surface area contributed by atoms with Crippen LogP contribution in [-0.2, 0) is 11.0 Å². The maximum atomic E-state index is 13.1. The summed E-state index contributed by atoms with van der Waals surface area (Å²) in [6, 6.07) is 10.3. The number of hydrogen-bond acceptors (Lipinski definition) is 5. The number of nitrogens with zero attached hydrogens (tertiary/aromatic N) is 2. The van der Waals surface area contributed by atoms with Crippen molar-refractivity contribution < 1.29 is 22.4 Å². The quantitative estimate of drug-likeness (QED) is 0.463. The van der Waals surface area contributed by atoms with Crippen LogP contribution in [0.15, 0.2) is 58.3 Å². The minimum absolute atomic E-state index is 0.0112. The number of carbonyl (C=O) groups excluding carboxylic acids is 1. The summed E-state index contributed by atoms with van der Waals surface area (Å²) in [6.07, 6.45) is -3.32. The highest BCUT2D eigenvalue weighted by molar-refractivity contribution is 7.99. The number of thioether (sulfide) groups is 1. The van der Waals surface area contributed by atoms with Gasteiger partial charge in [-0.25, -0.2) is 9.97 Å². The van der Waals surface area contributed by atoms with Crippen LogP contribution in [-0.4, -0.2) is 21.6 Å². The molecule has 0 saturated carbocycles. The van der Waals surface area contributed by atoms with Gasteiger partial charge in [0.05, 0.1) is 12.0 Å². The Balaban J connectivity index is 1.74. The van der Waals surface area contributed by atoms with E-state index >= 15 is 0 Å². The number of benzene rings is 1. The molecule has 3 rings (SSSR count). The second-order valence-corrected chi connectivity index (χ2v) is 6.62.